The van der Waals surface area contributed by atoms with Gasteiger partial charge in [0, 0.05) is 56.4 Å². The summed E-state index contributed by atoms with van der Waals surface area (Å²) >= 11 is 0. The lowest BCUT2D eigenvalue weighted by Gasteiger charge is -2.34. The van der Waals surface area contributed by atoms with Gasteiger partial charge in [-0.25, -0.2) is 28.2 Å². The number of carbonyl (C=O) groups is 2. The number of amides is 2. The Hall–Kier alpha value is -5.76. The van der Waals surface area contributed by atoms with Gasteiger partial charge in [-0.15, -0.1) is 0 Å². The molecule has 2 amide bonds. The molecule has 12 nitrogen and oxygen atoms in total. The van der Waals surface area contributed by atoms with Crippen molar-refractivity contribution in [1.29, 1.82) is 0 Å². The molecule has 1 aromatic carbocycles. The topological polar surface area (TPSA) is 141 Å². The Bertz CT molecular complexity index is 1960. The van der Waals surface area contributed by atoms with E-state index in [1.165, 1.54) is 24.4 Å². The van der Waals surface area contributed by atoms with Crippen molar-refractivity contribution in [2.75, 3.05) is 43.8 Å². The zero-order valence-electron chi connectivity index (χ0n) is 27.0. The number of nitrogens with two attached hydrogens (primary N) is 1. The van der Waals surface area contributed by atoms with E-state index < -0.39 is 46.4 Å². The van der Waals surface area contributed by atoms with Crippen molar-refractivity contribution in [3.8, 4) is 29.2 Å². The smallest absolute Gasteiger partial charge is 0.434 e. The Balaban J connectivity index is 1.26. The fraction of sp³-hybridized carbons (Fsp3) is 0.303. The average Bonchev–Trinajstić information content (AvgIpc) is 3.50. The van der Waals surface area contributed by atoms with Gasteiger partial charge >= 0.3 is 12.3 Å². The molecule has 0 aliphatic carbocycles. The minimum Gasteiger partial charge on any atom is -0.453 e. The highest BCUT2D eigenvalue weighted by atomic mass is 19.4. The van der Waals surface area contributed by atoms with Crippen molar-refractivity contribution in [3.63, 3.8) is 0 Å². The summed E-state index contributed by atoms with van der Waals surface area (Å²) in [5.41, 5.74) is 2.93. The van der Waals surface area contributed by atoms with Crippen LogP contribution in [0.25, 0.3) is 5.82 Å². The first-order chi connectivity index (χ1) is 23.6. The van der Waals surface area contributed by atoms with Crippen molar-refractivity contribution in [3.05, 3.63) is 83.4 Å². The van der Waals surface area contributed by atoms with Gasteiger partial charge in [0.25, 0.3) is 5.91 Å². The van der Waals surface area contributed by atoms with Crippen LogP contribution in [0.3, 0.4) is 0 Å². The summed E-state index contributed by atoms with van der Waals surface area (Å²) < 4.78 is 82.7. The van der Waals surface area contributed by atoms with E-state index in [-0.39, 0.29) is 39.3 Å². The lowest BCUT2D eigenvalue weighted by Crippen LogP contribution is -2.50. The van der Waals surface area contributed by atoms with E-state index in [0.717, 1.165) is 24.4 Å². The molecule has 0 saturated carbocycles. The molecule has 5 rings (SSSR count). The van der Waals surface area contributed by atoms with Gasteiger partial charge < -0.3 is 25.4 Å². The highest BCUT2D eigenvalue weighted by molar-refractivity contribution is 6.05. The van der Waals surface area contributed by atoms with Gasteiger partial charge in [-0.1, -0.05) is 11.8 Å². The summed E-state index contributed by atoms with van der Waals surface area (Å²) in [5, 5.41) is 5.72. The number of pyridine rings is 2. The first-order valence-corrected chi connectivity index (χ1v) is 15.1. The monoisotopic (exact) mass is 698 g/mol. The number of ether oxygens (including phenoxy) is 2. The molecule has 17 heteroatoms. The molecule has 3 aromatic heterocycles. The van der Waals surface area contributed by atoms with Crippen LogP contribution in [0.2, 0.25) is 0 Å². The number of hydrogen-bond acceptors (Lipinski definition) is 9. The van der Waals surface area contributed by atoms with Crippen molar-refractivity contribution in [2.45, 2.75) is 32.5 Å². The summed E-state index contributed by atoms with van der Waals surface area (Å²) in [7, 11) is 0. The number of carbonyl (C=O) groups excluding carboxylic acids is 2. The molecule has 0 radical (unpaired) electrons. The van der Waals surface area contributed by atoms with Crippen molar-refractivity contribution in [2.24, 2.45) is 0 Å². The zero-order valence-corrected chi connectivity index (χ0v) is 27.0. The molecule has 50 heavy (non-hydrogen) atoms. The van der Waals surface area contributed by atoms with Crippen LogP contribution in [-0.2, 0) is 10.9 Å². The van der Waals surface area contributed by atoms with E-state index in [0.29, 0.717) is 38.9 Å². The Morgan fingerprint density at radius 3 is 2.38 bits per heavy atom. The van der Waals surface area contributed by atoms with Gasteiger partial charge in [0.05, 0.1) is 18.3 Å². The first-order valence-electron chi connectivity index (χ1n) is 15.1. The molecule has 1 fully saturated rings. The Labute approximate surface area is 283 Å². The standard InChI is InChI=1S/C33H31F5N8O4/c1-32(2,3)50-31(48)45-16-14-44(15-17-45)13-5-6-21-25(10-12-40-28(21)39)49-26-9-8-20(18-24(26)35)43-30(47)22-19-42-46(27(22)33(36,37)38)29-23(34)7-4-11-41-29/h4,7-12,18-19H,13-17H2,1-3H3,(H2,39,40)(H,43,47). The van der Waals surface area contributed by atoms with Crippen LogP contribution in [0.5, 0.6) is 11.5 Å². The second kappa shape index (κ2) is 14.4. The van der Waals surface area contributed by atoms with E-state index in [1.54, 1.807) is 25.7 Å². The van der Waals surface area contributed by atoms with E-state index >= 15 is 4.39 Å². The van der Waals surface area contributed by atoms with Gasteiger partial charge in [-0.3, -0.25) is 9.69 Å². The highest BCUT2D eigenvalue weighted by Crippen LogP contribution is 2.35. The number of benzene rings is 1. The zero-order chi connectivity index (χ0) is 36.2. The third-order valence-corrected chi connectivity index (χ3v) is 7.11. The fourth-order valence-corrected chi connectivity index (χ4v) is 4.78. The van der Waals surface area contributed by atoms with E-state index in [9.17, 15) is 27.2 Å². The number of hydrogen-bond donors (Lipinski definition) is 2. The van der Waals surface area contributed by atoms with Gasteiger partial charge in [-0.05, 0) is 45.0 Å². The number of piperazine rings is 1. The van der Waals surface area contributed by atoms with Crippen LogP contribution >= 0.6 is 0 Å². The van der Waals surface area contributed by atoms with Gasteiger partial charge in [-0.2, -0.15) is 18.3 Å². The molecule has 4 heterocycles. The second-order valence-corrected chi connectivity index (χ2v) is 11.9. The second-order valence-electron chi connectivity index (χ2n) is 11.9. The third kappa shape index (κ3) is 8.44. The maximum atomic E-state index is 15.2. The maximum absolute atomic E-state index is 15.2. The maximum Gasteiger partial charge on any atom is 0.434 e. The molecule has 1 aliphatic heterocycles. The summed E-state index contributed by atoms with van der Waals surface area (Å²) in [4.78, 5) is 36.5. The number of halogens is 5. The molecule has 0 unspecified atom stereocenters. The van der Waals surface area contributed by atoms with E-state index in [2.05, 4.69) is 32.2 Å². The summed E-state index contributed by atoms with van der Waals surface area (Å²) in [6, 6.07) is 6.71. The molecular formula is C33H31F5N8O4. The molecular weight excluding hydrogens is 667 g/mol. The number of nitrogen functional groups attached to an aromatic ring is 1. The van der Waals surface area contributed by atoms with E-state index in [4.69, 9.17) is 15.2 Å². The molecule has 3 N–H and O–H groups in total. The molecule has 1 saturated heterocycles. The predicted octanol–water partition coefficient (Wildman–Crippen LogP) is 5.49. The number of alkyl halides is 3. The molecule has 262 valence electrons. The number of nitrogens with one attached hydrogen (secondary N) is 1. The predicted molar refractivity (Wildman–Crippen MR) is 171 cm³/mol. The number of aromatic nitrogens is 4. The third-order valence-electron chi connectivity index (χ3n) is 7.11. The molecule has 1 aliphatic rings. The summed E-state index contributed by atoms with van der Waals surface area (Å²) in [6.07, 6.45) is -2.48. The highest BCUT2D eigenvalue weighted by Gasteiger charge is 2.41. The summed E-state index contributed by atoms with van der Waals surface area (Å²) in [6.45, 7) is 7.81. The minimum absolute atomic E-state index is 0.0284. The molecule has 4 aromatic rings. The Morgan fingerprint density at radius 1 is 0.980 bits per heavy atom. The van der Waals surface area contributed by atoms with Gasteiger partial charge in [0.2, 0.25) is 0 Å². The van der Waals surface area contributed by atoms with Crippen LogP contribution in [0.1, 0.15) is 42.4 Å². The lowest BCUT2D eigenvalue weighted by molar-refractivity contribution is -0.143. The first kappa shape index (κ1) is 35.5. The van der Waals surface area contributed by atoms with Crippen LogP contribution in [0, 0.1) is 23.5 Å². The number of rotatable bonds is 6. The largest absolute Gasteiger partial charge is 0.453 e. The van der Waals surface area contributed by atoms with Crippen molar-refractivity contribution in [1.82, 2.24) is 29.5 Å². The summed E-state index contributed by atoms with van der Waals surface area (Å²) in [5.74, 6) is 1.62. The van der Waals surface area contributed by atoms with Crippen molar-refractivity contribution < 1.29 is 41.0 Å². The van der Waals surface area contributed by atoms with Crippen molar-refractivity contribution >= 4 is 23.5 Å². The van der Waals surface area contributed by atoms with Crippen LogP contribution < -0.4 is 15.8 Å². The lowest BCUT2D eigenvalue weighted by atomic mass is 10.2. The Morgan fingerprint density at radius 2 is 1.72 bits per heavy atom. The van der Waals surface area contributed by atoms with Crippen LogP contribution in [-0.4, -0.2) is 79.9 Å². The van der Waals surface area contributed by atoms with Gasteiger partial charge in [0.15, 0.2) is 28.9 Å². The molecule has 0 bridgehead atoms. The number of nitrogens with zero attached hydrogens (tertiary/aromatic N) is 6. The SMILES string of the molecule is CC(C)(C)OC(=O)N1CCN(CC#Cc2c(Oc3ccc(NC(=O)c4cnn(-c5ncccc5F)c4C(F)(F)F)cc3F)ccnc2N)CC1. The average molecular weight is 699 g/mol. The Kier molecular flexibility index (Phi) is 10.2. The van der Waals surface area contributed by atoms with Gasteiger partial charge in [0.1, 0.15) is 22.7 Å². The number of anilines is 2. The normalized spacial score (nSPS) is 13.7. The fourth-order valence-electron chi connectivity index (χ4n) is 4.78. The molecule has 0 atom stereocenters. The van der Waals surface area contributed by atoms with Crippen LogP contribution in [0.4, 0.5) is 38.3 Å². The minimum atomic E-state index is -5.13. The quantitative estimate of drug-likeness (QED) is 0.198. The van der Waals surface area contributed by atoms with Crippen LogP contribution in [0.15, 0.2) is 55.0 Å². The molecule has 0 spiro atoms. The van der Waals surface area contributed by atoms with E-state index in [1.807, 2.05) is 4.90 Å².